The van der Waals surface area contributed by atoms with Crippen LogP contribution in [0, 0.1) is 0 Å². The molecule has 3 N–H and O–H groups in total. The van der Waals surface area contributed by atoms with E-state index in [9.17, 15) is 14.7 Å². The number of likely N-dealkylation sites (N-methyl/N-ethyl adjacent to an activating group) is 1. The summed E-state index contributed by atoms with van der Waals surface area (Å²) in [6, 6.07) is 3.24. The van der Waals surface area contributed by atoms with Gasteiger partial charge in [-0.15, -0.1) is 0 Å². The maximum absolute atomic E-state index is 12.2. The zero-order chi connectivity index (χ0) is 16.0. The molecule has 0 radical (unpaired) electrons. The molecule has 0 saturated carbocycles. The number of nitrogens with one attached hydrogen (secondary N) is 1. The first-order valence-electron chi connectivity index (χ1n) is 6.53. The predicted molar refractivity (Wildman–Crippen MR) is 77.8 cm³/mol. The number of aromatic carboxylic acids is 1. The van der Waals surface area contributed by atoms with E-state index in [1.54, 1.807) is 12.0 Å². The van der Waals surface area contributed by atoms with Gasteiger partial charge in [-0.05, 0) is 32.0 Å². The minimum Gasteiger partial charge on any atom is -0.506 e. The van der Waals surface area contributed by atoms with Gasteiger partial charge in [0.25, 0.3) is 0 Å². The number of urea groups is 1. The van der Waals surface area contributed by atoms with Crippen molar-refractivity contribution < 1.29 is 24.5 Å². The normalized spacial score (nSPS) is 11.8. The molecule has 1 aromatic carbocycles. The summed E-state index contributed by atoms with van der Waals surface area (Å²) in [6.07, 6.45) is 0. The number of benzene rings is 1. The molecule has 0 spiro atoms. The Bertz CT molecular complexity index is 518. The Morgan fingerprint density at radius 2 is 2.10 bits per heavy atom. The highest BCUT2D eigenvalue weighted by Gasteiger charge is 2.19. The van der Waals surface area contributed by atoms with Crippen molar-refractivity contribution in [3.63, 3.8) is 0 Å². The quantitative estimate of drug-likeness (QED) is 0.697. The zero-order valence-corrected chi connectivity index (χ0v) is 12.3. The van der Waals surface area contributed by atoms with Gasteiger partial charge >= 0.3 is 12.0 Å². The molecule has 1 atom stereocenters. The van der Waals surface area contributed by atoms with Gasteiger partial charge in [0.15, 0.2) is 0 Å². The molecule has 0 aliphatic heterocycles. The number of amides is 2. The molecule has 0 aromatic heterocycles. The lowest BCUT2D eigenvalue weighted by Crippen LogP contribution is -2.43. The van der Waals surface area contributed by atoms with Gasteiger partial charge in [-0.3, -0.25) is 0 Å². The molecule has 1 rings (SSSR count). The summed E-state index contributed by atoms with van der Waals surface area (Å²) in [5, 5.41) is 21.1. The number of phenolic OH excluding ortho intramolecular Hbond substituents is 1. The molecular weight excluding hydrogens is 276 g/mol. The molecule has 2 amide bonds. The fourth-order valence-corrected chi connectivity index (χ4v) is 1.94. The summed E-state index contributed by atoms with van der Waals surface area (Å²) in [5.41, 5.74) is 0.110. The van der Waals surface area contributed by atoms with Crippen molar-refractivity contribution in [2.24, 2.45) is 0 Å². The van der Waals surface area contributed by atoms with Crippen LogP contribution in [-0.4, -0.2) is 53.4 Å². The molecule has 0 heterocycles. The molecular formula is C14H20N2O5. The lowest BCUT2D eigenvalue weighted by atomic mass is 10.2. The second-order valence-corrected chi connectivity index (χ2v) is 4.56. The second kappa shape index (κ2) is 7.49. The van der Waals surface area contributed by atoms with Gasteiger partial charge in [0.05, 0.1) is 23.9 Å². The Balaban J connectivity index is 2.84. The standard InChI is InChI=1S/C14H20N2O5/c1-4-16(9(2)8-21-3)14(20)15-11-6-5-10(13(18)19)7-12(11)17/h5-7,9,17H,4,8H2,1-3H3,(H,15,20)(H,18,19). The number of hydrogen-bond donors (Lipinski definition) is 3. The number of anilines is 1. The van der Waals surface area contributed by atoms with Crippen LogP contribution in [0.25, 0.3) is 0 Å². The van der Waals surface area contributed by atoms with Crippen LogP contribution < -0.4 is 5.32 Å². The number of carbonyl (C=O) groups is 2. The fourth-order valence-electron chi connectivity index (χ4n) is 1.94. The Kier molecular flexibility index (Phi) is 5.98. The van der Waals surface area contributed by atoms with Crippen LogP contribution in [0.3, 0.4) is 0 Å². The fraction of sp³-hybridized carbons (Fsp3) is 0.429. The van der Waals surface area contributed by atoms with E-state index >= 15 is 0 Å². The Hall–Kier alpha value is -2.28. The van der Waals surface area contributed by atoms with Crippen LogP contribution in [0.2, 0.25) is 0 Å². The highest BCUT2D eigenvalue weighted by Crippen LogP contribution is 2.24. The summed E-state index contributed by atoms with van der Waals surface area (Å²) < 4.78 is 5.02. The Morgan fingerprint density at radius 3 is 2.57 bits per heavy atom. The molecule has 21 heavy (non-hydrogen) atoms. The van der Waals surface area contributed by atoms with Crippen LogP contribution in [0.15, 0.2) is 18.2 Å². The third kappa shape index (κ3) is 4.35. The van der Waals surface area contributed by atoms with Crippen molar-refractivity contribution in [2.45, 2.75) is 19.9 Å². The number of ether oxygens (including phenoxy) is 1. The number of carboxylic acid groups (broad SMARTS) is 1. The van der Waals surface area contributed by atoms with Crippen LogP contribution in [0.1, 0.15) is 24.2 Å². The minimum atomic E-state index is -1.15. The van der Waals surface area contributed by atoms with E-state index in [1.165, 1.54) is 12.1 Å². The number of nitrogens with zero attached hydrogens (tertiary/aromatic N) is 1. The van der Waals surface area contributed by atoms with Gasteiger partial charge in [-0.2, -0.15) is 0 Å². The number of hydrogen-bond acceptors (Lipinski definition) is 4. The Labute approximate surface area is 123 Å². The predicted octanol–water partition coefficient (Wildman–Crippen LogP) is 1.98. The maximum Gasteiger partial charge on any atom is 0.335 e. The highest BCUT2D eigenvalue weighted by atomic mass is 16.5. The number of carbonyl (C=O) groups excluding carboxylic acids is 1. The average Bonchev–Trinajstić information content (AvgIpc) is 2.42. The van der Waals surface area contributed by atoms with Crippen LogP contribution in [0.4, 0.5) is 10.5 Å². The van der Waals surface area contributed by atoms with Crippen molar-refractivity contribution in [1.82, 2.24) is 4.90 Å². The van der Waals surface area contributed by atoms with Crippen molar-refractivity contribution >= 4 is 17.7 Å². The van der Waals surface area contributed by atoms with Crippen LogP contribution in [0.5, 0.6) is 5.75 Å². The third-order valence-corrected chi connectivity index (χ3v) is 3.03. The van der Waals surface area contributed by atoms with Gasteiger partial charge in [-0.25, -0.2) is 9.59 Å². The molecule has 1 unspecified atom stereocenters. The summed E-state index contributed by atoms with van der Waals surface area (Å²) in [5.74, 6) is -1.44. The zero-order valence-electron chi connectivity index (χ0n) is 12.3. The molecule has 1 aromatic rings. The van der Waals surface area contributed by atoms with Crippen molar-refractivity contribution in [1.29, 1.82) is 0 Å². The molecule has 0 aliphatic rings. The molecule has 0 fully saturated rings. The second-order valence-electron chi connectivity index (χ2n) is 4.56. The third-order valence-electron chi connectivity index (χ3n) is 3.03. The largest absolute Gasteiger partial charge is 0.506 e. The topological polar surface area (TPSA) is 99.1 Å². The first kappa shape index (κ1) is 16.8. The molecule has 0 bridgehead atoms. The lowest BCUT2D eigenvalue weighted by Gasteiger charge is -2.27. The van der Waals surface area contributed by atoms with Gasteiger partial charge in [0.2, 0.25) is 0 Å². The maximum atomic E-state index is 12.2. The highest BCUT2D eigenvalue weighted by molar-refractivity contribution is 5.93. The first-order chi connectivity index (χ1) is 9.90. The lowest BCUT2D eigenvalue weighted by molar-refractivity contribution is 0.0696. The molecule has 7 heteroatoms. The van der Waals surface area contributed by atoms with Gasteiger partial charge in [-0.1, -0.05) is 0 Å². The van der Waals surface area contributed by atoms with Crippen LogP contribution in [-0.2, 0) is 4.74 Å². The average molecular weight is 296 g/mol. The number of methoxy groups -OCH3 is 1. The monoisotopic (exact) mass is 296 g/mol. The van der Waals surface area contributed by atoms with Crippen molar-refractivity contribution in [2.75, 3.05) is 25.6 Å². The summed E-state index contributed by atoms with van der Waals surface area (Å²) in [7, 11) is 1.55. The molecule has 0 saturated heterocycles. The van der Waals surface area contributed by atoms with E-state index in [0.29, 0.717) is 13.2 Å². The van der Waals surface area contributed by atoms with Gasteiger partial charge in [0.1, 0.15) is 5.75 Å². The van der Waals surface area contributed by atoms with Crippen LogP contribution >= 0.6 is 0 Å². The molecule has 0 aliphatic carbocycles. The van der Waals surface area contributed by atoms with E-state index in [0.717, 1.165) is 6.07 Å². The SMILES string of the molecule is CCN(C(=O)Nc1ccc(C(=O)O)cc1O)C(C)COC. The molecule has 116 valence electrons. The summed E-state index contributed by atoms with van der Waals surface area (Å²) >= 11 is 0. The Morgan fingerprint density at radius 1 is 1.43 bits per heavy atom. The van der Waals surface area contributed by atoms with E-state index in [-0.39, 0.29) is 29.1 Å². The molecule has 7 nitrogen and oxygen atoms in total. The van der Waals surface area contributed by atoms with E-state index in [1.807, 2.05) is 13.8 Å². The number of rotatable bonds is 6. The van der Waals surface area contributed by atoms with Gasteiger partial charge in [0, 0.05) is 13.7 Å². The van der Waals surface area contributed by atoms with Crippen molar-refractivity contribution in [3.8, 4) is 5.75 Å². The summed E-state index contributed by atoms with van der Waals surface area (Å²) in [6.45, 7) is 4.55. The number of aromatic hydroxyl groups is 1. The number of phenols is 1. The number of carboxylic acids is 1. The van der Waals surface area contributed by atoms with E-state index in [4.69, 9.17) is 9.84 Å². The first-order valence-corrected chi connectivity index (χ1v) is 6.53. The van der Waals surface area contributed by atoms with E-state index in [2.05, 4.69) is 5.32 Å². The van der Waals surface area contributed by atoms with Crippen molar-refractivity contribution in [3.05, 3.63) is 23.8 Å². The smallest absolute Gasteiger partial charge is 0.335 e. The van der Waals surface area contributed by atoms with E-state index < -0.39 is 5.97 Å². The van der Waals surface area contributed by atoms with Gasteiger partial charge < -0.3 is 25.2 Å². The summed E-state index contributed by atoms with van der Waals surface area (Å²) in [4.78, 5) is 24.5. The minimum absolute atomic E-state index is 0.0504.